The van der Waals surface area contributed by atoms with Crippen LogP contribution in [0.15, 0.2) is 18.5 Å². The third kappa shape index (κ3) is 4.15. The van der Waals surface area contributed by atoms with Crippen LogP contribution < -0.4 is 0 Å². The van der Waals surface area contributed by atoms with Crippen LogP contribution in [0.5, 0.6) is 0 Å². The van der Waals surface area contributed by atoms with E-state index in [4.69, 9.17) is 0 Å². The van der Waals surface area contributed by atoms with Crippen LogP contribution in [0.3, 0.4) is 0 Å². The van der Waals surface area contributed by atoms with Crippen molar-refractivity contribution >= 4 is 15.9 Å². The summed E-state index contributed by atoms with van der Waals surface area (Å²) in [6, 6.07) is 1.85. The minimum Gasteiger partial charge on any atom is -0.296 e. The fourth-order valence-electron chi connectivity index (χ4n) is 1.24. The standard InChI is InChI=1S/C10H16BrN3/c1-2-14(8-3-5-11)9-10-12-6-4-7-13-10/h4,6-7H,2-3,5,8-9H2,1H3. The number of hydrogen-bond donors (Lipinski definition) is 0. The molecule has 1 aromatic heterocycles. The Balaban J connectivity index is 2.40. The van der Waals surface area contributed by atoms with E-state index in [9.17, 15) is 0 Å². The fraction of sp³-hybridized carbons (Fsp3) is 0.600. The predicted octanol–water partition coefficient (Wildman–Crippen LogP) is 2.08. The van der Waals surface area contributed by atoms with Crippen LogP contribution in [-0.4, -0.2) is 33.3 Å². The van der Waals surface area contributed by atoms with Crippen LogP contribution in [-0.2, 0) is 6.54 Å². The summed E-state index contributed by atoms with van der Waals surface area (Å²) >= 11 is 3.43. The van der Waals surface area contributed by atoms with E-state index in [0.29, 0.717) is 0 Å². The number of hydrogen-bond acceptors (Lipinski definition) is 3. The topological polar surface area (TPSA) is 29.0 Å². The average molecular weight is 258 g/mol. The molecule has 0 aromatic carbocycles. The van der Waals surface area contributed by atoms with Crippen molar-refractivity contribution in [3.8, 4) is 0 Å². The first kappa shape index (κ1) is 11.6. The highest BCUT2D eigenvalue weighted by Gasteiger charge is 2.03. The maximum absolute atomic E-state index is 4.21. The number of halogens is 1. The van der Waals surface area contributed by atoms with E-state index in [-0.39, 0.29) is 0 Å². The molecule has 0 radical (unpaired) electrons. The quantitative estimate of drug-likeness (QED) is 0.731. The van der Waals surface area contributed by atoms with Gasteiger partial charge in [-0.25, -0.2) is 9.97 Å². The third-order valence-corrected chi connectivity index (χ3v) is 2.60. The summed E-state index contributed by atoms with van der Waals surface area (Å²) in [5, 5.41) is 1.05. The van der Waals surface area contributed by atoms with Gasteiger partial charge in [-0.15, -0.1) is 0 Å². The second-order valence-corrected chi connectivity index (χ2v) is 3.87. The first-order chi connectivity index (χ1) is 6.86. The van der Waals surface area contributed by atoms with Gasteiger partial charge in [0.25, 0.3) is 0 Å². The van der Waals surface area contributed by atoms with Crippen LogP contribution in [0.1, 0.15) is 19.2 Å². The molecule has 0 aliphatic heterocycles. The zero-order chi connectivity index (χ0) is 10.2. The lowest BCUT2D eigenvalue weighted by Crippen LogP contribution is -2.25. The molecule has 0 atom stereocenters. The molecule has 0 saturated heterocycles. The molecule has 0 amide bonds. The van der Waals surface area contributed by atoms with E-state index in [1.807, 2.05) is 6.07 Å². The largest absolute Gasteiger partial charge is 0.296 e. The Labute approximate surface area is 93.7 Å². The van der Waals surface area contributed by atoms with Gasteiger partial charge in [0.2, 0.25) is 0 Å². The number of nitrogens with zero attached hydrogens (tertiary/aromatic N) is 3. The van der Waals surface area contributed by atoms with Crippen molar-refractivity contribution in [1.82, 2.24) is 14.9 Å². The van der Waals surface area contributed by atoms with Gasteiger partial charge in [0.1, 0.15) is 5.82 Å². The first-order valence-corrected chi connectivity index (χ1v) is 6.03. The smallest absolute Gasteiger partial charge is 0.142 e. The van der Waals surface area contributed by atoms with Crippen molar-refractivity contribution in [3.63, 3.8) is 0 Å². The van der Waals surface area contributed by atoms with Crippen molar-refractivity contribution in [2.75, 3.05) is 18.4 Å². The van der Waals surface area contributed by atoms with Crippen molar-refractivity contribution < 1.29 is 0 Å². The molecule has 0 spiro atoms. The summed E-state index contributed by atoms with van der Waals surface area (Å²) in [5.41, 5.74) is 0. The summed E-state index contributed by atoms with van der Waals surface area (Å²) in [6.07, 6.45) is 4.75. The van der Waals surface area contributed by atoms with Crippen LogP contribution in [0.2, 0.25) is 0 Å². The molecule has 0 fully saturated rings. The average Bonchev–Trinajstić information content (AvgIpc) is 2.25. The van der Waals surface area contributed by atoms with Gasteiger partial charge in [-0.1, -0.05) is 22.9 Å². The lowest BCUT2D eigenvalue weighted by Gasteiger charge is -2.18. The normalized spacial score (nSPS) is 10.8. The summed E-state index contributed by atoms with van der Waals surface area (Å²) in [5.74, 6) is 0.906. The van der Waals surface area contributed by atoms with Crippen LogP contribution >= 0.6 is 15.9 Å². The lowest BCUT2D eigenvalue weighted by molar-refractivity contribution is 0.274. The third-order valence-electron chi connectivity index (χ3n) is 2.04. The first-order valence-electron chi connectivity index (χ1n) is 4.91. The minimum absolute atomic E-state index is 0.852. The summed E-state index contributed by atoms with van der Waals surface area (Å²) in [4.78, 5) is 10.8. The molecule has 0 aliphatic carbocycles. The van der Waals surface area contributed by atoms with Gasteiger partial charge in [0, 0.05) is 17.7 Å². The molecular formula is C10H16BrN3. The molecule has 78 valence electrons. The van der Waals surface area contributed by atoms with Crippen molar-refractivity contribution in [1.29, 1.82) is 0 Å². The molecule has 1 aromatic rings. The highest BCUT2D eigenvalue weighted by molar-refractivity contribution is 9.09. The highest BCUT2D eigenvalue weighted by Crippen LogP contribution is 2.00. The highest BCUT2D eigenvalue weighted by atomic mass is 79.9. The van der Waals surface area contributed by atoms with Gasteiger partial charge in [0.15, 0.2) is 0 Å². The maximum Gasteiger partial charge on any atom is 0.142 e. The Morgan fingerprint density at radius 3 is 2.64 bits per heavy atom. The molecule has 1 heterocycles. The van der Waals surface area contributed by atoms with Crippen LogP contribution in [0.25, 0.3) is 0 Å². The fourth-order valence-corrected chi connectivity index (χ4v) is 1.49. The second kappa shape index (κ2) is 6.90. The van der Waals surface area contributed by atoms with Crippen molar-refractivity contribution in [2.24, 2.45) is 0 Å². The van der Waals surface area contributed by atoms with E-state index < -0.39 is 0 Å². The number of alkyl halides is 1. The van der Waals surface area contributed by atoms with Gasteiger partial charge in [0.05, 0.1) is 6.54 Å². The van der Waals surface area contributed by atoms with Gasteiger partial charge in [-0.2, -0.15) is 0 Å². The monoisotopic (exact) mass is 257 g/mol. The lowest BCUT2D eigenvalue weighted by atomic mass is 10.4. The van der Waals surface area contributed by atoms with Crippen molar-refractivity contribution in [2.45, 2.75) is 19.9 Å². The Morgan fingerprint density at radius 2 is 2.07 bits per heavy atom. The molecule has 3 nitrogen and oxygen atoms in total. The molecule has 0 unspecified atom stereocenters. The molecule has 0 saturated carbocycles. The Kier molecular flexibility index (Phi) is 5.71. The molecule has 4 heteroatoms. The zero-order valence-corrected chi connectivity index (χ0v) is 10.1. The molecular weight excluding hydrogens is 242 g/mol. The summed E-state index contributed by atoms with van der Waals surface area (Å²) < 4.78 is 0. The van der Waals surface area contributed by atoms with Gasteiger partial charge >= 0.3 is 0 Å². The van der Waals surface area contributed by atoms with Gasteiger partial charge in [-0.3, -0.25) is 4.90 Å². The molecule has 1 rings (SSSR count). The molecule has 14 heavy (non-hydrogen) atoms. The number of aromatic nitrogens is 2. The van der Waals surface area contributed by atoms with Gasteiger partial charge in [-0.05, 0) is 25.6 Å². The predicted molar refractivity (Wildman–Crippen MR) is 61.4 cm³/mol. The van der Waals surface area contributed by atoms with Crippen LogP contribution in [0, 0.1) is 0 Å². The Hall–Kier alpha value is -0.480. The maximum atomic E-state index is 4.21. The van der Waals surface area contributed by atoms with E-state index >= 15 is 0 Å². The number of rotatable bonds is 6. The van der Waals surface area contributed by atoms with Crippen molar-refractivity contribution in [3.05, 3.63) is 24.3 Å². The van der Waals surface area contributed by atoms with E-state index in [0.717, 1.165) is 30.8 Å². The zero-order valence-electron chi connectivity index (χ0n) is 8.49. The molecule has 0 N–H and O–H groups in total. The van der Waals surface area contributed by atoms with Crippen LogP contribution in [0.4, 0.5) is 0 Å². The summed E-state index contributed by atoms with van der Waals surface area (Å²) in [6.45, 7) is 5.16. The van der Waals surface area contributed by atoms with E-state index in [2.05, 4.69) is 37.7 Å². The SMILES string of the molecule is CCN(CCCBr)Cc1ncccn1. The van der Waals surface area contributed by atoms with Gasteiger partial charge < -0.3 is 0 Å². The minimum atomic E-state index is 0.852. The Morgan fingerprint density at radius 1 is 1.36 bits per heavy atom. The molecule has 0 bridgehead atoms. The van der Waals surface area contributed by atoms with E-state index in [1.165, 1.54) is 6.42 Å². The second-order valence-electron chi connectivity index (χ2n) is 3.08. The summed E-state index contributed by atoms with van der Waals surface area (Å²) in [7, 11) is 0. The Bertz CT molecular complexity index is 240. The van der Waals surface area contributed by atoms with E-state index in [1.54, 1.807) is 12.4 Å². The molecule has 0 aliphatic rings.